The number of halogens is 3. The minimum Gasteiger partial charge on any atom is -0.457 e. The molecule has 0 N–H and O–H groups in total. The third kappa shape index (κ3) is 2.97. The van der Waals surface area contributed by atoms with E-state index < -0.39 is 41.0 Å². The maximum Gasteiger partial charge on any atom is 0.312 e. The fourth-order valence-electron chi connectivity index (χ4n) is 5.46. The molecule has 0 saturated heterocycles. The molecular weight excluding hydrogens is 350 g/mol. The number of ether oxygens (including phenoxy) is 1. The van der Waals surface area contributed by atoms with Gasteiger partial charge >= 0.3 is 5.97 Å². The smallest absolute Gasteiger partial charge is 0.312 e. The Morgan fingerprint density at radius 1 is 1.16 bits per heavy atom. The van der Waals surface area contributed by atoms with E-state index in [4.69, 9.17) is 16.3 Å². The molecule has 4 fully saturated rings. The number of Topliss-reactive ketones (excluding diaryl/α,β-unsaturated/α-hetero) is 1. The Labute approximate surface area is 149 Å². The Morgan fingerprint density at radius 2 is 1.84 bits per heavy atom. The van der Waals surface area contributed by atoms with Crippen molar-refractivity contribution in [2.45, 2.75) is 43.4 Å². The maximum atomic E-state index is 13.7. The van der Waals surface area contributed by atoms with Crippen LogP contribution in [0.3, 0.4) is 0 Å². The lowest BCUT2D eigenvalue weighted by Crippen LogP contribution is -2.56. The number of esters is 1. The van der Waals surface area contributed by atoms with E-state index in [9.17, 15) is 18.4 Å². The summed E-state index contributed by atoms with van der Waals surface area (Å²) in [5.41, 5.74) is -1.01. The molecule has 0 spiro atoms. The van der Waals surface area contributed by atoms with E-state index in [1.165, 1.54) is 0 Å². The second-order valence-corrected chi connectivity index (χ2v) is 8.82. The van der Waals surface area contributed by atoms with Crippen molar-refractivity contribution in [3.8, 4) is 0 Å². The zero-order chi connectivity index (χ0) is 17.8. The molecule has 4 aliphatic rings. The van der Waals surface area contributed by atoms with Gasteiger partial charge < -0.3 is 4.74 Å². The van der Waals surface area contributed by atoms with Gasteiger partial charge in [-0.25, -0.2) is 8.78 Å². The Kier molecular flexibility index (Phi) is 3.91. The molecule has 0 amide bonds. The Bertz CT molecular complexity index is 734. The van der Waals surface area contributed by atoms with Crippen LogP contribution in [0.1, 0.15) is 48.9 Å². The van der Waals surface area contributed by atoms with Gasteiger partial charge in [0.1, 0.15) is 11.6 Å². The largest absolute Gasteiger partial charge is 0.457 e. The third-order valence-corrected chi connectivity index (χ3v) is 6.43. The van der Waals surface area contributed by atoms with Crippen molar-refractivity contribution in [3.05, 3.63) is 35.4 Å². The molecule has 4 saturated carbocycles. The van der Waals surface area contributed by atoms with Gasteiger partial charge in [0.2, 0.25) is 5.78 Å². The van der Waals surface area contributed by atoms with Crippen molar-refractivity contribution in [3.63, 3.8) is 0 Å². The molecular formula is C19H19ClF2O3. The molecule has 2 unspecified atom stereocenters. The highest BCUT2D eigenvalue weighted by Crippen LogP contribution is 2.64. The Morgan fingerprint density at radius 3 is 2.48 bits per heavy atom. The molecule has 4 bridgehead atoms. The number of rotatable bonds is 4. The predicted molar refractivity (Wildman–Crippen MR) is 87.3 cm³/mol. The minimum absolute atomic E-state index is 0.332. The summed E-state index contributed by atoms with van der Waals surface area (Å²) in [6, 6.07) is 2.65. The van der Waals surface area contributed by atoms with Crippen LogP contribution in [0.25, 0.3) is 0 Å². The summed E-state index contributed by atoms with van der Waals surface area (Å²) in [5, 5.41) is 0. The standard InChI is InChI=1S/C19H19ClF2O3/c20-19-7-11-3-12(8-19)6-18(5-11,10-19)17(24)25-9-16(23)14-4-13(21)1-2-15(14)22/h1-2,4,11-12H,3,5-10H2/t11-,12+,18?,19?. The summed E-state index contributed by atoms with van der Waals surface area (Å²) >= 11 is 6.70. The average molecular weight is 369 g/mol. The van der Waals surface area contributed by atoms with Crippen LogP contribution in [0, 0.1) is 28.9 Å². The van der Waals surface area contributed by atoms with Crippen molar-refractivity contribution in [1.29, 1.82) is 0 Å². The first kappa shape index (κ1) is 17.0. The number of alkyl halides is 1. The van der Waals surface area contributed by atoms with Crippen molar-refractivity contribution < 1.29 is 23.1 Å². The molecule has 5 rings (SSSR count). The first-order valence-electron chi connectivity index (χ1n) is 8.63. The molecule has 25 heavy (non-hydrogen) atoms. The zero-order valence-electron chi connectivity index (χ0n) is 13.7. The normalized spacial score (nSPS) is 35.6. The summed E-state index contributed by atoms with van der Waals surface area (Å²) in [7, 11) is 0. The van der Waals surface area contributed by atoms with Crippen LogP contribution < -0.4 is 0 Å². The molecule has 0 radical (unpaired) electrons. The molecule has 3 nitrogen and oxygen atoms in total. The predicted octanol–water partition coefficient (Wildman–Crippen LogP) is 4.27. The summed E-state index contributed by atoms with van der Waals surface area (Å²) in [5.74, 6) is -1.82. The van der Waals surface area contributed by atoms with Crippen LogP contribution in [-0.2, 0) is 9.53 Å². The minimum atomic E-state index is -0.822. The van der Waals surface area contributed by atoms with Gasteiger partial charge in [0.25, 0.3) is 0 Å². The van der Waals surface area contributed by atoms with Crippen LogP contribution in [0.5, 0.6) is 0 Å². The van der Waals surface area contributed by atoms with E-state index >= 15 is 0 Å². The first-order chi connectivity index (χ1) is 11.8. The average Bonchev–Trinajstić information content (AvgIpc) is 2.52. The molecule has 4 atom stereocenters. The number of carbonyl (C=O) groups excluding carboxylic acids is 2. The number of hydrogen-bond donors (Lipinski definition) is 0. The van der Waals surface area contributed by atoms with Crippen LogP contribution in [0.15, 0.2) is 18.2 Å². The summed E-state index contributed by atoms with van der Waals surface area (Å²) < 4.78 is 32.1. The van der Waals surface area contributed by atoms with Gasteiger partial charge in [-0.15, -0.1) is 11.6 Å². The van der Waals surface area contributed by atoms with Crippen LogP contribution in [0.4, 0.5) is 8.78 Å². The van der Waals surface area contributed by atoms with Crippen LogP contribution in [-0.4, -0.2) is 23.2 Å². The molecule has 0 heterocycles. The molecule has 1 aromatic carbocycles. The van der Waals surface area contributed by atoms with Crippen molar-refractivity contribution in [2.75, 3.05) is 6.61 Å². The molecule has 4 aliphatic carbocycles. The van der Waals surface area contributed by atoms with Gasteiger partial charge in [0.15, 0.2) is 6.61 Å². The van der Waals surface area contributed by atoms with E-state index in [1.807, 2.05) is 0 Å². The lowest BCUT2D eigenvalue weighted by Gasteiger charge is -2.58. The van der Waals surface area contributed by atoms with Crippen molar-refractivity contribution >= 4 is 23.4 Å². The topological polar surface area (TPSA) is 43.4 Å². The molecule has 0 aliphatic heterocycles. The first-order valence-corrected chi connectivity index (χ1v) is 9.01. The number of benzene rings is 1. The van der Waals surface area contributed by atoms with E-state index in [0.717, 1.165) is 50.3 Å². The van der Waals surface area contributed by atoms with Crippen LogP contribution >= 0.6 is 11.6 Å². The van der Waals surface area contributed by atoms with Crippen LogP contribution in [0.2, 0.25) is 0 Å². The summed E-state index contributed by atoms with van der Waals surface area (Å²) in [6.45, 7) is -0.578. The lowest BCUT2D eigenvalue weighted by atomic mass is 9.49. The van der Waals surface area contributed by atoms with E-state index in [2.05, 4.69) is 0 Å². The monoisotopic (exact) mass is 368 g/mol. The molecule has 1 aromatic rings. The lowest BCUT2D eigenvalue weighted by molar-refractivity contribution is -0.168. The van der Waals surface area contributed by atoms with Gasteiger partial charge in [-0.1, -0.05) is 0 Å². The maximum absolute atomic E-state index is 13.7. The Hall–Kier alpha value is -1.49. The van der Waals surface area contributed by atoms with Crippen molar-refractivity contribution in [1.82, 2.24) is 0 Å². The fourth-order valence-corrected chi connectivity index (χ4v) is 6.15. The third-order valence-electron chi connectivity index (χ3n) is 5.99. The summed E-state index contributed by atoms with van der Waals surface area (Å²) in [6.07, 6.45) is 5.06. The van der Waals surface area contributed by atoms with Crippen molar-refractivity contribution in [2.24, 2.45) is 17.3 Å². The zero-order valence-corrected chi connectivity index (χ0v) is 14.5. The molecule has 0 aromatic heterocycles. The van der Waals surface area contributed by atoms with Gasteiger partial charge in [-0.3, -0.25) is 9.59 Å². The molecule has 134 valence electrons. The van der Waals surface area contributed by atoms with E-state index in [-0.39, 0.29) is 4.87 Å². The van der Waals surface area contributed by atoms with E-state index in [1.54, 1.807) is 0 Å². The summed E-state index contributed by atoms with van der Waals surface area (Å²) in [4.78, 5) is 24.5. The molecule has 6 heteroatoms. The van der Waals surface area contributed by atoms with Gasteiger partial charge in [0.05, 0.1) is 11.0 Å². The Balaban J connectivity index is 1.46. The highest BCUT2D eigenvalue weighted by molar-refractivity contribution is 6.24. The number of hydrogen-bond acceptors (Lipinski definition) is 3. The number of ketones is 1. The SMILES string of the molecule is O=C(COC(=O)C12C[C@@H]3C[C@@H](CC(Cl)(C3)C1)C2)c1cc(F)ccc1F. The quantitative estimate of drug-likeness (QED) is 0.453. The number of carbonyl (C=O) groups is 2. The van der Waals surface area contributed by atoms with Gasteiger partial charge in [0, 0.05) is 4.87 Å². The highest BCUT2D eigenvalue weighted by Gasteiger charge is 2.60. The van der Waals surface area contributed by atoms with E-state index in [0.29, 0.717) is 18.3 Å². The van der Waals surface area contributed by atoms with Gasteiger partial charge in [-0.2, -0.15) is 0 Å². The second kappa shape index (κ2) is 5.76. The highest BCUT2D eigenvalue weighted by atomic mass is 35.5. The van der Waals surface area contributed by atoms with Gasteiger partial charge in [-0.05, 0) is 68.6 Å². The second-order valence-electron chi connectivity index (χ2n) is 8.02. The fraction of sp³-hybridized carbons (Fsp3) is 0.579.